The molecule has 3 atom stereocenters. The lowest BCUT2D eigenvalue weighted by Gasteiger charge is -2.27. The standard InChI is InChI=1S/C18H23NOS/c1-3-17(21(20)16-13-9-6-10-14-16)18(19-4-2)15-11-7-5-8-12-15/h5-14,17-19H,3-4H2,1-2H3. The Balaban J connectivity index is 2.30. The van der Waals surface area contributed by atoms with Crippen molar-refractivity contribution in [3.63, 3.8) is 0 Å². The van der Waals surface area contributed by atoms with E-state index in [4.69, 9.17) is 0 Å². The van der Waals surface area contributed by atoms with Gasteiger partial charge < -0.3 is 5.32 Å². The van der Waals surface area contributed by atoms with Crippen molar-refractivity contribution in [3.8, 4) is 0 Å². The van der Waals surface area contributed by atoms with Gasteiger partial charge in [-0.2, -0.15) is 0 Å². The van der Waals surface area contributed by atoms with Gasteiger partial charge in [0.15, 0.2) is 0 Å². The molecule has 0 saturated carbocycles. The maximum absolute atomic E-state index is 12.9. The average molecular weight is 301 g/mol. The third-order valence-corrected chi connectivity index (χ3v) is 5.50. The van der Waals surface area contributed by atoms with Gasteiger partial charge in [0, 0.05) is 10.9 Å². The van der Waals surface area contributed by atoms with Crippen LogP contribution in [-0.4, -0.2) is 16.0 Å². The van der Waals surface area contributed by atoms with Crippen LogP contribution in [0.5, 0.6) is 0 Å². The summed E-state index contributed by atoms with van der Waals surface area (Å²) in [6.07, 6.45) is 0.869. The van der Waals surface area contributed by atoms with Crippen LogP contribution < -0.4 is 5.32 Å². The van der Waals surface area contributed by atoms with Gasteiger partial charge in [-0.3, -0.25) is 4.21 Å². The molecule has 0 saturated heterocycles. The van der Waals surface area contributed by atoms with Crippen molar-refractivity contribution >= 4 is 10.8 Å². The van der Waals surface area contributed by atoms with Gasteiger partial charge in [-0.25, -0.2) is 0 Å². The largest absolute Gasteiger partial charge is 0.309 e. The number of hydrogen-bond donors (Lipinski definition) is 1. The quantitative estimate of drug-likeness (QED) is 0.839. The van der Waals surface area contributed by atoms with Crippen molar-refractivity contribution in [2.45, 2.75) is 36.5 Å². The molecule has 0 amide bonds. The van der Waals surface area contributed by atoms with E-state index in [9.17, 15) is 4.21 Å². The van der Waals surface area contributed by atoms with Gasteiger partial charge in [0.05, 0.1) is 16.0 Å². The van der Waals surface area contributed by atoms with Gasteiger partial charge in [0.25, 0.3) is 0 Å². The molecule has 3 unspecified atom stereocenters. The molecule has 0 heterocycles. The summed E-state index contributed by atoms with van der Waals surface area (Å²) in [5, 5.41) is 3.57. The minimum atomic E-state index is -1.02. The molecule has 21 heavy (non-hydrogen) atoms. The molecule has 0 aromatic heterocycles. The van der Waals surface area contributed by atoms with Crippen LogP contribution in [0, 0.1) is 0 Å². The summed E-state index contributed by atoms with van der Waals surface area (Å²) >= 11 is 0. The van der Waals surface area contributed by atoms with E-state index in [0.29, 0.717) is 0 Å². The molecule has 2 rings (SSSR count). The van der Waals surface area contributed by atoms with Crippen LogP contribution in [0.15, 0.2) is 65.6 Å². The van der Waals surface area contributed by atoms with Crippen LogP contribution in [0.1, 0.15) is 31.9 Å². The van der Waals surface area contributed by atoms with Gasteiger partial charge in [0.1, 0.15) is 0 Å². The monoisotopic (exact) mass is 301 g/mol. The van der Waals surface area contributed by atoms with Crippen LogP contribution >= 0.6 is 0 Å². The maximum atomic E-state index is 12.9. The maximum Gasteiger partial charge on any atom is 0.0586 e. The summed E-state index contributed by atoms with van der Waals surface area (Å²) < 4.78 is 12.9. The van der Waals surface area contributed by atoms with Gasteiger partial charge in [0.2, 0.25) is 0 Å². The first-order valence-corrected chi connectivity index (χ1v) is 8.73. The molecule has 0 aliphatic carbocycles. The lowest BCUT2D eigenvalue weighted by Crippen LogP contribution is -2.34. The molecule has 2 aromatic rings. The third-order valence-electron chi connectivity index (χ3n) is 3.61. The Bertz CT molecular complexity index is 556. The third kappa shape index (κ3) is 4.02. The van der Waals surface area contributed by atoms with E-state index in [1.807, 2.05) is 48.5 Å². The highest BCUT2D eigenvalue weighted by Crippen LogP contribution is 2.26. The Hall–Kier alpha value is -1.45. The highest BCUT2D eigenvalue weighted by molar-refractivity contribution is 7.85. The number of hydrogen-bond acceptors (Lipinski definition) is 2. The molecular formula is C18H23NOS. The molecule has 0 fully saturated rings. The van der Waals surface area contributed by atoms with Crippen molar-refractivity contribution in [2.75, 3.05) is 6.54 Å². The Kier molecular flexibility index (Phi) is 6.15. The van der Waals surface area contributed by atoms with E-state index in [1.165, 1.54) is 5.56 Å². The Morgan fingerprint density at radius 1 is 0.952 bits per heavy atom. The van der Waals surface area contributed by atoms with Crippen molar-refractivity contribution in [2.24, 2.45) is 0 Å². The topological polar surface area (TPSA) is 29.1 Å². The van der Waals surface area contributed by atoms with Gasteiger partial charge in [-0.1, -0.05) is 62.4 Å². The fourth-order valence-electron chi connectivity index (χ4n) is 2.58. The summed E-state index contributed by atoms with van der Waals surface area (Å²) in [5.74, 6) is 0. The zero-order valence-electron chi connectivity index (χ0n) is 12.7. The highest BCUT2D eigenvalue weighted by Gasteiger charge is 2.27. The lowest BCUT2D eigenvalue weighted by atomic mass is 10.0. The Morgan fingerprint density at radius 2 is 1.52 bits per heavy atom. The molecule has 1 N–H and O–H groups in total. The second kappa shape index (κ2) is 8.11. The van der Waals surface area contributed by atoms with E-state index in [1.54, 1.807) is 0 Å². The Labute approximate surface area is 130 Å². The van der Waals surface area contributed by atoms with Crippen molar-refractivity contribution in [1.82, 2.24) is 5.32 Å². The summed E-state index contributed by atoms with van der Waals surface area (Å²) in [7, 11) is -1.02. The summed E-state index contributed by atoms with van der Waals surface area (Å²) in [6.45, 7) is 5.06. The fraction of sp³-hybridized carbons (Fsp3) is 0.333. The zero-order chi connectivity index (χ0) is 15.1. The smallest absolute Gasteiger partial charge is 0.0586 e. The molecule has 0 aliphatic heterocycles. The van der Waals surface area contributed by atoms with Crippen LogP contribution in [0.4, 0.5) is 0 Å². The van der Waals surface area contributed by atoms with E-state index < -0.39 is 10.8 Å². The summed E-state index contributed by atoms with van der Waals surface area (Å²) in [6, 6.07) is 20.2. The molecule has 0 spiro atoms. The molecule has 3 heteroatoms. The minimum Gasteiger partial charge on any atom is -0.309 e. The first-order valence-electron chi connectivity index (χ1n) is 7.51. The van der Waals surface area contributed by atoms with Gasteiger partial charge in [-0.05, 0) is 30.7 Å². The van der Waals surface area contributed by atoms with Crippen molar-refractivity contribution in [1.29, 1.82) is 0 Å². The molecule has 2 nitrogen and oxygen atoms in total. The first kappa shape index (κ1) is 15.9. The number of nitrogens with one attached hydrogen (secondary N) is 1. The molecule has 0 aliphatic rings. The normalized spacial score (nSPS) is 15.3. The van der Waals surface area contributed by atoms with E-state index in [2.05, 4.69) is 31.3 Å². The molecule has 2 aromatic carbocycles. The van der Waals surface area contributed by atoms with Crippen molar-refractivity contribution < 1.29 is 4.21 Å². The number of rotatable bonds is 7. The van der Waals surface area contributed by atoms with Crippen molar-refractivity contribution in [3.05, 3.63) is 66.2 Å². The van der Waals surface area contributed by atoms with Crippen LogP contribution in [0.25, 0.3) is 0 Å². The van der Waals surface area contributed by atoms with E-state index in [-0.39, 0.29) is 11.3 Å². The predicted molar refractivity (Wildman–Crippen MR) is 89.8 cm³/mol. The van der Waals surface area contributed by atoms with Gasteiger partial charge in [-0.15, -0.1) is 0 Å². The zero-order valence-corrected chi connectivity index (χ0v) is 13.5. The number of benzene rings is 2. The average Bonchev–Trinajstić information content (AvgIpc) is 2.56. The molecule has 112 valence electrons. The Morgan fingerprint density at radius 3 is 2.05 bits per heavy atom. The summed E-state index contributed by atoms with van der Waals surface area (Å²) in [5.41, 5.74) is 1.20. The van der Waals surface area contributed by atoms with Crippen LogP contribution in [-0.2, 0) is 10.8 Å². The fourth-order valence-corrected chi connectivity index (χ4v) is 4.16. The molecular weight excluding hydrogens is 278 g/mol. The lowest BCUT2D eigenvalue weighted by molar-refractivity contribution is 0.509. The highest BCUT2D eigenvalue weighted by atomic mass is 32.2. The van der Waals surface area contributed by atoms with Crippen LogP contribution in [0.3, 0.4) is 0 Å². The van der Waals surface area contributed by atoms with E-state index in [0.717, 1.165) is 17.9 Å². The predicted octanol–water partition coefficient (Wildman–Crippen LogP) is 3.92. The first-order chi connectivity index (χ1) is 10.3. The molecule has 0 radical (unpaired) electrons. The van der Waals surface area contributed by atoms with E-state index >= 15 is 0 Å². The second-order valence-corrected chi connectivity index (χ2v) is 6.67. The van der Waals surface area contributed by atoms with Crippen LogP contribution in [0.2, 0.25) is 0 Å². The molecule has 0 bridgehead atoms. The summed E-state index contributed by atoms with van der Waals surface area (Å²) in [4.78, 5) is 0.906. The second-order valence-electron chi connectivity index (χ2n) is 5.00. The SMILES string of the molecule is CCNC(c1ccccc1)C(CC)S(=O)c1ccccc1. The minimum absolute atomic E-state index is 0.0646. The van der Waals surface area contributed by atoms with Gasteiger partial charge >= 0.3 is 0 Å².